The van der Waals surface area contributed by atoms with Crippen molar-refractivity contribution in [2.75, 3.05) is 26.3 Å². The van der Waals surface area contributed by atoms with Crippen LogP contribution in [0.3, 0.4) is 0 Å². The second-order valence-electron chi connectivity index (χ2n) is 8.41. The fourth-order valence-electron chi connectivity index (χ4n) is 5.78. The molecule has 24 heavy (non-hydrogen) atoms. The van der Waals surface area contributed by atoms with E-state index >= 15 is 0 Å². The molecule has 0 bridgehead atoms. The van der Waals surface area contributed by atoms with Gasteiger partial charge in [-0.2, -0.15) is 13.2 Å². The van der Waals surface area contributed by atoms with E-state index in [0.717, 1.165) is 52.0 Å². The quantitative estimate of drug-likeness (QED) is 0.806. The molecule has 7 unspecified atom stereocenters. The summed E-state index contributed by atoms with van der Waals surface area (Å²) in [5.41, 5.74) is 0. The summed E-state index contributed by atoms with van der Waals surface area (Å²) in [6.07, 6.45) is 0.948. The van der Waals surface area contributed by atoms with Crippen LogP contribution < -0.4 is 10.6 Å². The van der Waals surface area contributed by atoms with Crippen LogP contribution in [0.4, 0.5) is 13.2 Å². The van der Waals surface area contributed by atoms with Crippen molar-refractivity contribution in [3.05, 3.63) is 0 Å². The Morgan fingerprint density at radius 2 is 1.67 bits per heavy atom. The molecule has 0 aromatic heterocycles. The number of hydrogen-bond acceptors (Lipinski definition) is 3. The van der Waals surface area contributed by atoms with Gasteiger partial charge in [0.1, 0.15) is 0 Å². The molecule has 0 amide bonds. The predicted octanol–water partition coefficient (Wildman–Crippen LogP) is 3.16. The first-order valence-corrected chi connectivity index (χ1v) is 9.63. The van der Waals surface area contributed by atoms with Crippen molar-refractivity contribution in [3.63, 3.8) is 0 Å². The molecule has 0 aromatic carbocycles. The Bertz CT molecular complexity index is 438. The molecule has 4 fully saturated rings. The van der Waals surface area contributed by atoms with E-state index in [2.05, 4.69) is 10.6 Å². The van der Waals surface area contributed by atoms with Crippen LogP contribution >= 0.6 is 0 Å². The Kier molecular flexibility index (Phi) is 4.82. The Hall–Kier alpha value is -0.330. The number of hydrogen-bond donors (Lipinski definition) is 2. The van der Waals surface area contributed by atoms with Crippen LogP contribution in [0.1, 0.15) is 38.5 Å². The number of halogens is 3. The first-order chi connectivity index (χ1) is 11.5. The van der Waals surface area contributed by atoms with Crippen LogP contribution in [-0.2, 0) is 4.74 Å². The molecule has 4 aliphatic rings. The minimum atomic E-state index is -4.01. The smallest absolute Gasteiger partial charge is 0.381 e. The third-order valence-electron chi connectivity index (χ3n) is 7.14. The van der Waals surface area contributed by atoms with E-state index < -0.39 is 12.1 Å². The number of alkyl halides is 3. The summed E-state index contributed by atoms with van der Waals surface area (Å²) >= 11 is 0. The molecule has 2 N–H and O–H groups in total. The van der Waals surface area contributed by atoms with Crippen LogP contribution in [0.15, 0.2) is 0 Å². The highest BCUT2D eigenvalue weighted by molar-refractivity contribution is 4.98. The lowest BCUT2D eigenvalue weighted by molar-refractivity contribution is -0.187. The molecule has 0 radical (unpaired) electrons. The standard InChI is InChI=1S/C18H29F3N2O/c19-18(20,21)14-3-1-2-11(6-14)13-7-15-16(12-4-5-24-10-12)9-23-17(15)22-8-13/h11-17,22-23H,1-10H2. The number of ether oxygens (including phenoxy) is 1. The summed E-state index contributed by atoms with van der Waals surface area (Å²) in [7, 11) is 0. The molecular formula is C18H29F3N2O. The number of fused-ring (bicyclic) bond motifs is 1. The van der Waals surface area contributed by atoms with E-state index in [0.29, 0.717) is 42.7 Å². The van der Waals surface area contributed by atoms with Gasteiger partial charge >= 0.3 is 6.18 Å². The lowest BCUT2D eigenvalue weighted by atomic mass is 9.68. The van der Waals surface area contributed by atoms with Gasteiger partial charge in [-0.3, -0.25) is 0 Å². The Labute approximate surface area is 142 Å². The molecule has 1 saturated carbocycles. The average Bonchev–Trinajstić information content (AvgIpc) is 3.22. The maximum Gasteiger partial charge on any atom is 0.391 e. The van der Waals surface area contributed by atoms with E-state index in [4.69, 9.17) is 4.74 Å². The topological polar surface area (TPSA) is 33.3 Å². The molecule has 0 aromatic rings. The molecule has 138 valence electrons. The van der Waals surface area contributed by atoms with Crippen LogP contribution in [0.5, 0.6) is 0 Å². The zero-order valence-corrected chi connectivity index (χ0v) is 14.2. The fraction of sp³-hybridized carbons (Fsp3) is 1.00. The predicted molar refractivity (Wildman–Crippen MR) is 85.3 cm³/mol. The van der Waals surface area contributed by atoms with E-state index in [1.807, 2.05) is 0 Å². The van der Waals surface area contributed by atoms with Gasteiger partial charge in [0, 0.05) is 19.8 Å². The molecule has 3 heterocycles. The summed E-state index contributed by atoms with van der Waals surface area (Å²) in [5.74, 6) is 1.37. The average molecular weight is 346 g/mol. The SMILES string of the molecule is FC(F)(F)C1CCCC(C2CNC3NCC(C4CCOC4)C3C2)C1. The van der Waals surface area contributed by atoms with Gasteiger partial charge in [0.2, 0.25) is 0 Å². The minimum absolute atomic E-state index is 0.236. The first-order valence-electron chi connectivity index (χ1n) is 9.63. The molecule has 1 aliphatic carbocycles. The molecule has 6 heteroatoms. The highest BCUT2D eigenvalue weighted by Gasteiger charge is 2.48. The normalized spacial score (nSPS) is 46.9. The summed E-state index contributed by atoms with van der Waals surface area (Å²) in [5, 5.41) is 7.20. The van der Waals surface area contributed by atoms with Gasteiger partial charge in [-0.05, 0) is 61.8 Å². The summed E-state index contributed by atoms with van der Waals surface area (Å²) in [4.78, 5) is 0. The molecule has 7 atom stereocenters. The Balaban J connectivity index is 1.40. The van der Waals surface area contributed by atoms with Crippen molar-refractivity contribution in [2.45, 2.75) is 50.9 Å². The Morgan fingerprint density at radius 1 is 0.833 bits per heavy atom. The summed E-state index contributed by atoms with van der Waals surface area (Å²) < 4.78 is 44.9. The summed E-state index contributed by atoms with van der Waals surface area (Å²) in [6.45, 7) is 3.63. The lowest BCUT2D eigenvalue weighted by Gasteiger charge is -2.42. The maximum atomic E-state index is 13.1. The maximum absolute atomic E-state index is 13.1. The van der Waals surface area contributed by atoms with Crippen molar-refractivity contribution >= 4 is 0 Å². The van der Waals surface area contributed by atoms with Gasteiger partial charge in [-0.1, -0.05) is 12.8 Å². The molecule has 3 aliphatic heterocycles. The molecular weight excluding hydrogens is 317 g/mol. The fourth-order valence-corrected chi connectivity index (χ4v) is 5.78. The second kappa shape index (κ2) is 6.76. The van der Waals surface area contributed by atoms with Crippen LogP contribution in [0, 0.1) is 35.5 Å². The van der Waals surface area contributed by atoms with Gasteiger partial charge in [-0.25, -0.2) is 0 Å². The largest absolute Gasteiger partial charge is 0.391 e. The van der Waals surface area contributed by atoms with E-state index in [-0.39, 0.29) is 5.92 Å². The second-order valence-corrected chi connectivity index (χ2v) is 8.41. The van der Waals surface area contributed by atoms with Gasteiger partial charge in [0.25, 0.3) is 0 Å². The van der Waals surface area contributed by atoms with Gasteiger partial charge in [0.15, 0.2) is 0 Å². The lowest BCUT2D eigenvalue weighted by Crippen LogP contribution is -2.51. The monoisotopic (exact) mass is 346 g/mol. The number of rotatable bonds is 2. The zero-order chi connectivity index (χ0) is 16.7. The van der Waals surface area contributed by atoms with Gasteiger partial charge < -0.3 is 15.4 Å². The van der Waals surface area contributed by atoms with Crippen LogP contribution in [0.25, 0.3) is 0 Å². The molecule has 4 rings (SSSR count). The summed E-state index contributed by atoms with van der Waals surface area (Å²) in [6, 6.07) is 0. The first kappa shape index (κ1) is 17.1. The van der Waals surface area contributed by atoms with Crippen molar-refractivity contribution in [3.8, 4) is 0 Å². The van der Waals surface area contributed by atoms with Gasteiger partial charge in [0.05, 0.1) is 12.1 Å². The van der Waals surface area contributed by atoms with Crippen molar-refractivity contribution < 1.29 is 17.9 Å². The van der Waals surface area contributed by atoms with Gasteiger partial charge in [-0.15, -0.1) is 0 Å². The van der Waals surface area contributed by atoms with Crippen molar-refractivity contribution in [1.29, 1.82) is 0 Å². The number of piperidine rings is 1. The molecule has 0 spiro atoms. The van der Waals surface area contributed by atoms with E-state index in [1.165, 1.54) is 0 Å². The van der Waals surface area contributed by atoms with E-state index in [1.54, 1.807) is 0 Å². The molecule has 3 saturated heterocycles. The van der Waals surface area contributed by atoms with Crippen molar-refractivity contribution in [2.24, 2.45) is 35.5 Å². The minimum Gasteiger partial charge on any atom is -0.381 e. The molecule has 3 nitrogen and oxygen atoms in total. The highest BCUT2D eigenvalue weighted by Crippen LogP contribution is 2.46. The highest BCUT2D eigenvalue weighted by atomic mass is 19.4. The third-order valence-corrected chi connectivity index (χ3v) is 7.14. The Morgan fingerprint density at radius 3 is 2.42 bits per heavy atom. The van der Waals surface area contributed by atoms with Crippen molar-refractivity contribution in [1.82, 2.24) is 10.6 Å². The van der Waals surface area contributed by atoms with Crippen LogP contribution in [-0.4, -0.2) is 38.6 Å². The zero-order valence-electron chi connectivity index (χ0n) is 14.2. The van der Waals surface area contributed by atoms with E-state index in [9.17, 15) is 13.2 Å². The number of nitrogens with one attached hydrogen (secondary N) is 2. The third kappa shape index (κ3) is 3.34. The van der Waals surface area contributed by atoms with Crippen LogP contribution in [0.2, 0.25) is 0 Å².